The number of carbonyl (C=O) groups is 2. The lowest BCUT2D eigenvalue weighted by Crippen LogP contribution is -2.36. The number of nitro benzene ring substituents is 1. The Labute approximate surface area is 120 Å². The van der Waals surface area contributed by atoms with E-state index in [1.165, 1.54) is 25.3 Å². The fourth-order valence-corrected chi connectivity index (χ4v) is 1.69. The van der Waals surface area contributed by atoms with Gasteiger partial charge in [0, 0.05) is 6.07 Å². The van der Waals surface area contributed by atoms with E-state index in [0.717, 1.165) is 4.90 Å². The molecule has 1 aromatic carbocycles. The van der Waals surface area contributed by atoms with E-state index < -0.39 is 23.3 Å². The summed E-state index contributed by atoms with van der Waals surface area (Å²) in [4.78, 5) is 34.1. The van der Waals surface area contributed by atoms with Gasteiger partial charge in [0.2, 0.25) is 5.75 Å². The van der Waals surface area contributed by atoms with Crippen molar-refractivity contribution in [2.75, 3.05) is 20.2 Å². The first-order valence-electron chi connectivity index (χ1n) is 5.68. The van der Waals surface area contributed by atoms with Gasteiger partial charge in [-0.25, -0.2) is 0 Å². The average molecular weight is 292 g/mol. The molecule has 0 aliphatic heterocycles. The van der Waals surface area contributed by atoms with Gasteiger partial charge in [-0.1, -0.05) is 12.0 Å². The molecule has 1 amide bonds. The molecule has 0 fully saturated rings. The van der Waals surface area contributed by atoms with Crippen molar-refractivity contribution < 1.29 is 24.4 Å². The number of ether oxygens (including phenoxy) is 1. The van der Waals surface area contributed by atoms with Crippen LogP contribution in [0.15, 0.2) is 18.2 Å². The first kappa shape index (κ1) is 16.0. The average Bonchev–Trinajstić information content (AvgIpc) is 2.44. The van der Waals surface area contributed by atoms with Crippen LogP contribution in [0.2, 0.25) is 0 Å². The number of nitro groups is 1. The van der Waals surface area contributed by atoms with E-state index in [1.54, 1.807) is 0 Å². The topological polar surface area (TPSA) is 110 Å². The number of nitrogens with zero attached hydrogens (tertiary/aromatic N) is 2. The van der Waals surface area contributed by atoms with Crippen LogP contribution in [0.4, 0.5) is 5.69 Å². The SMILES string of the molecule is C#CCN(CC(=O)O)C(=O)c1cccc([N+](=O)[O-])c1OC. The summed E-state index contributed by atoms with van der Waals surface area (Å²) in [6.07, 6.45) is 5.09. The Morgan fingerprint density at radius 3 is 2.67 bits per heavy atom. The Bertz CT molecular complexity index is 620. The molecule has 1 aromatic rings. The number of amides is 1. The van der Waals surface area contributed by atoms with Crippen molar-refractivity contribution in [3.05, 3.63) is 33.9 Å². The summed E-state index contributed by atoms with van der Waals surface area (Å²) in [6.45, 7) is -0.855. The van der Waals surface area contributed by atoms with Crippen LogP contribution in [0.1, 0.15) is 10.4 Å². The van der Waals surface area contributed by atoms with Crippen molar-refractivity contribution >= 4 is 17.6 Å². The lowest BCUT2D eigenvalue weighted by atomic mass is 10.1. The molecule has 0 atom stereocenters. The fraction of sp³-hybridized carbons (Fsp3) is 0.231. The summed E-state index contributed by atoms with van der Waals surface area (Å²) in [5, 5.41) is 19.7. The minimum absolute atomic E-state index is 0.122. The Morgan fingerprint density at radius 1 is 1.52 bits per heavy atom. The van der Waals surface area contributed by atoms with Crippen molar-refractivity contribution in [1.82, 2.24) is 4.90 Å². The summed E-state index contributed by atoms with van der Waals surface area (Å²) in [5.41, 5.74) is -0.512. The van der Waals surface area contributed by atoms with E-state index in [9.17, 15) is 19.7 Å². The first-order valence-corrected chi connectivity index (χ1v) is 5.68. The van der Waals surface area contributed by atoms with Crippen molar-refractivity contribution in [2.45, 2.75) is 0 Å². The highest BCUT2D eigenvalue weighted by atomic mass is 16.6. The van der Waals surface area contributed by atoms with Crippen LogP contribution in [0.5, 0.6) is 5.75 Å². The summed E-state index contributed by atoms with van der Waals surface area (Å²) in [7, 11) is 1.18. The summed E-state index contributed by atoms with van der Waals surface area (Å²) in [5.74, 6) is -0.0715. The van der Waals surface area contributed by atoms with E-state index in [1.807, 2.05) is 0 Å². The maximum absolute atomic E-state index is 12.3. The zero-order valence-electron chi connectivity index (χ0n) is 11.1. The van der Waals surface area contributed by atoms with E-state index in [0.29, 0.717) is 0 Å². The number of benzene rings is 1. The summed E-state index contributed by atoms with van der Waals surface area (Å²) >= 11 is 0. The largest absolute Gasteiger partial charge is 0.490 e. The molecule has 8 nitrogen and oxygen atoms in total. The predicted molar refractivity (Wildman–Crippen MR) is 72.0 cm³/mol. The summed E-state index contributed by atoms with van der Waals surface area (Å²) in [6, 6.07) is 3.79. The second-order valence-corrected chi connectivity index (χ2v) is 3.87. The molecule has 0 aliphatic carbocycles. The van der Waals surface area contributed by atoms with Crippen LogP contribution in [0.3, 0.4) is 0 Å². The maximum atomic E-state index is 12.3. The van der Waals surface area contributed by atoms with Crippen molar-refractivity contribution in [3.63, 3.8) is 0 Å². The molecule has 1 N–H and O–H groups in total. The molecule has 0 bridgehead atoms. The molecule has 0 aromatic heterocycles. The molecule has 1 rings (SSSR count). The number of carboxylic acids is 1. The highest BCUT2D eigenvalue weighted by molar-refractivity contribution is 5.99. The van der Waals surface area contributed by atoms with Crippen LogP contribution in [0, 0.1) is 22.5 Å². The molecule has 0 spiro atoms. The van der Waals surface area contributed by atoms with Gasteiger partial charge in [0.15, 0.2) is 0 Å². The van der Waals surface area contributed by atoms with Crippen LogP contribution in [-0.4, -0.2) is 47.0 Å². The number of aliphatic carboxylic acids is 1. The van der Waals surface area contributed by atoms with E-state index in [4.69, 9.17) is 16.3 Å². The number of hydrogen-bond donors (Lipinski definition) is 1. The third kappa shape index (κ3) is 3.70. The molecule has 0 radical (unpaired) electrons. The molecule has 0 saturated carbocycles. The van der Waals surface area contributed by atoms with E-state index in [2.05, 4.69) is 5.92 Å². The Hall–Kier alpha value is -3.08. The van der Waals surface area contributed by atoms with Crippen molar-refractivity contribution in [2.24, 2.45) is 0 Å². The number of methoxy groups -OCH3 is 1. The van der Waals surface area contributed by atoms with E-state index in [-0.39, 0.29) is 23.5 Å². The third-order valence-electron chi connectivity index (χ3n) is 2.52. The lowest BCUT2D eigenvalue weighted by molar-refractivity contribution is -0.385. The quantitative estimate of drug-likeness (QED) is 0.471. The molecule has 21 heavy (non-hydrogen) atoms. The molecule has 0 unspecified atom stereocenters. The van der Waals surface area contributed by atoms with Gasteiger partial charge in [-0.3, -0.25) is 19.7 Å². The zero-order valence-corrected chi connectivity index (χ0v) is 11.1. The van der Waals surface area contributed by atoms with Crippen LogP contribution < -0.4 is 4.74 Å². The molecule has 0 saturated heterocycles. The number of hydrogen-bond acceptors (Lipinski definition) is 5. The van der Waals surface area contributed by atoms with Gasteiger partial charge in [-0.15, -0.1) is 6.42 Å². The number of carbonyl (C=O) groups excluding carboxylic acids is 1. The monoisotopic (exact) mass is 292 g/mol. The van der Waals surface area contributed by atoms with Crippen molar-refractivity contribution in [1.29, 1.82) is 0 Å². The van der Waals surface area contributed by atoms with Gasteiger partial charge >= 0.3 is 11.7 Å². The second kappa shape index (κ2) is 6.91. The molecular formula is C13H12N2O6. The lowest BCUT2D eigenvalue weighted by Gasteiger charge is -2.19. The van der Waals surface area contributed by atoms with E-state index >= 15 is 0 Å². The van der Waals surface area contributed by atoms with Gasteiger partial charge in [-0.05, 0) is 6.07 Å². The highest BCUT2D eigenvalue weighted by Crippen LogP contribution is 2.31. The van der Waals surface area contributed by atoms with Crippen molar-refractivity contribution in [3.8, 4) is 18.1 Å². The Balaban J connectivity index is 3.27. The third-order valence-corrected chi connectivity index (χ3v) is 2.52. The smallest absolute Gasteiger partial charge is 0.323 e. The van der Waals surface area contributed by atoms with Gasteiger partial charge < -0.3 is 14.7 Å². The molecule has 0 heterocycles. The normalized spacial score (nSPS) is 9.52. The standard InChI is InChI=1S/C13H12N2O6/c1-3-7-14(8-11(16)17)13(18)9-5-4-6-10(15(19)20)12(9)21-2/h1,4-6H,7-8H2,2H3,(H,16,17). The van der Waals surface area contributed by atoms with Crippen LogP contribution in [0.25, 0.3) is 0 Å². The van der Waals surface area contributed by atoms with Gasteiger partial charge in [-0.2, -0.15) is 0 Å². The molecule has 0 aliphatic rings. The fourth-order valence-electron chi connectivity index (χ4n) is 1.69. The molecule has 110 valence electrons. The number of carboxylic acid groups (broad SMARTS) is 1. The minimum Gasteiger partial charge on any atom is -0.490 e. The van der Waals surface area contributed by atoms with Gasteiger partial charge in [0.1, 0.15) is 6.54 Å². The Kier molecular flexibility index (Phi) is 5.25. The Morgan fingerprint density at radius 2 is 2.19 bits per heavy atom. The maximum Gasteiger partial charge on any atom is 0.323 e. The van der Waals surface area contributed by atoms with Gasteiger partial charge in [0.05, 0.1) is 24.1 Å². The number of terminal acetylenes is 1. The highest BCUT2D eigenvalue weighted by Gasteiger charge is 2.26. The zero-order chi connectivity index (χ0) is 16.0. The number of para-hydroxylation sites is 1. The molecular weight excluding hydrogens is 280 g/mol. The minimum atomic E-state index is -1.25. The predicted octanol–water partition coefficient (Wildman–Crippen LogP) is 0.763. The number of rotatable bonds is 6. The molecule has 8 heteroatoms. The summed E-state index contributed by atoms with van der Waals surface area (Å²) < 4.78 is 4.90. The van der Waals surface area contributed by atoms with Crippen LogP contribution in [-0.2, 0) is 4.79 Å². The second-order valence-electron chi connectivity index (χ2n) is 3.87. The first-order chi connectivity index (χ1) is 9.92. The van der Waals surface area contributed by atoms with Crippen LogP contribution >= 0.6 is 0 Å². The van der Waals surface area contributed by atoms with Gasteiger partial charge in [0.25, 0.3) is 5.91 Å².